The van der Waals surface area contributed by atoms with Gasteiger partial charge in [0.05, 0.1) is 0 Å². The molecular formula is C13H26N2O. The van der Waals surface area contributed by atoms with Gasteiger partial charge in [-0.25, -0.2) is 0 Å². The van der Waals surface area contributed by atoms with Crippen LogP contribution in [-0.2, 0) is 4.79 Å². The van der Waals surface area contributed by atoms with Crippen molar-refractivity contribution in [3.63, 3.8) is 0 Å². The summed E-state index contributed by atoms with van der Waals surface area (Å²) in [4.78, 5) is 11.7. The van der Waals surface area contributed by atoms with Gasteiger partial charge in [-0.05, 0) is 12.8 Å². The first-order valence-electron chi connectivity index (χ1n) is 6.71. The van der Waals surface area contributed by atoms with Gasteiger partial charge in [0.2, 0.25) is 5.91 Å². The minimum absolute atomic E-state index is 0.208. The van der Waals surface area contributed by atoms with Crippen LogP contribution in [-0.4, -0.2) is 24.5 Å². The van der Waals surface area contributed by atoms with Crippen molar-refractivity contribution >= 4 is 5.91 Å². The summed E-state index contributed by atoms with van der Waals surface area (Å²) in [6.07, 6.45) is 8.16. The van der Waals surface area contributed by atoms with Gasteiger partial charge >= 0.3 is 0 Å². The maximum atomic E-state index is 11.7. The van der Waals surface area contributed by atoms with Crippen LogP contribution in [0, 0.1) is 0 Å². The van der Waals surface area contributed by atoms with E-state index in [1.54, 1.807) is 0 Å². The van der Waals surface area contributed by atoms with Gasteiger partial charge in [0.15, 0.2) is 0 Å². The fraction of sp³-hybridized carbons (Fsp3) is 0.923. The largest absolute Gasteiger partial charge is 0.353 e. The van der Waals surface area contributed by atoms with Gasteiger partial charge in [0.1, 0.15) is 0 Å². The zero-order valence-corrected chi connectivity index (χ0v) is 10.7. The molecule has 0 aromatic carbocycles. The predicted octanol–water partition coefficient (Wildman–Crippen LogP) is 2.21. The number of hydrogen-bond acceptors (Lipinski definition) is 2. The normalized spacial score (nSPS) is 18.4. The summed E-state index contributed by atoms with van der Waals surface area (Å²) < 4.78 is 0. The number of carbonyl (C=O) groups is 1. The Labute approximate surface area is 99.4 Å². The first-order valence-corrected chi connectivity index (χ1v) is 6.71. The minimum Gasteiger partial charge on any atom is -0.353 e. The Balaban J connectivity index is 2.12. The van der Waals surface area contributed by atoms with Crippen LogP contribution in [0.3, 0.4) is 0 Å². The molecule has 0 atom stereocenters. The Morgan fingerprint density at radius 2 is 1.81 bits per heavy atom. The second kappa shape index (κ2) is 7.66. The maximum Gasteiger partial charge on any atom is 0.221 e. The fourth-order valence-electron chi connectivity index (χ4n) is 2.20. The molecule has 0 radical (unpaired) electrons. The quantitative estimate of drug-likeness (QED) is 0.706. The second-order valence-electron chi connectivity index (χ2n) is 5.11. The van der Waals surface area contributed by atoms with Crippen LogP contribution >= 0.6 is 0 Å². The molecule has 1 fully saturated rings. The minimum atomic E-state index is 0.208. The standard InChI is InChI=1S/C13H26N2O/c1-11(2)14-10-9-13(16)15-12-7-5-3-4-6-8-12/h11-12,14H,3-10H2,1-2H3,(H,15,16). The van der Waals surface area contributed by atoms with Crippen LogP contribution in [0.15, 0.2) is 0 Å². The van der Waals surface area contributed by atoms with E-state index >= 15 is 0 Å². The molecule has 94 valence electrons. The lowest BCUT2D eigenvalue weighted by molar-refractivity contribution is -0.121. The lowest BCUT2D eigenvalue weighted by Gasteiger charge is -2.16. The highest BCUT2D eigenvalue weighted by Crippen LogP contribution is 2.17. The first kappa shape index (κ1) is 13.5. The Hall–Kier alpha value is -0.570. The van der Waals surface area contributed by atoms with Crippen LogP contribution in [0.4, 0.5) is 0 Å². The Bertz CT molecular complexity index is 196. The van der Waals surface area contributed by atoms with E-state index in [9.17, 15) is 4.79 Å². The monoisotopic (exact) mass is 226 g/mol. The highest BCUT2D eigenvalue weighted by molar-refractivity contribution is 5.76. The summed E-state index contributed by atoms with van der Waals surface area (Å²) >= 11 is 0. The van der Waals surface area contributed by atoms with Crippen LogP contribution in [0.25, 0.3) is 0 Å². The van der Waals surface area contributed by atoms with Crippen LogP contribution in [0.1, 0.15) is 58.8 Å². The third kappa shape index (κ3) is 6.11. The van der Waals surface area contributed by atoms with Gasteiger partial charge in [-0.3, -0.25) is 4.79 Å². The molecule has 0 heterocycles. The van der Waals surface area contributed by atoms with Crippen molar-refractivity contribution in [2.24, 2.45) is 0 Å². The number of hydrogen-bond donors (Lipinski definition) is 2. The fourth-order valence-corrected chi connectivity index (χ4v) is 2.20. The molecule has 3 nitrogen and oxygen atoms in total. The van der Waals surface area contributed by atoms with Crippen molar-refractivity contribution in [3.8, 4) is 0 Å². The van der Waals surface area contributed by atoms with Gasteiger partial charge in [0.25, 0.3) is 0 Å². The molecule has 0 aliphatic heterocycles. The Morgan fingerprint density at radius 3 is 2.38 bits per heavy atom. The Kier molecular flexibility index (Phi) is 6.46. The molecular weight excluding hydrogens is 200 g/mol. The van der Waals surface area contributed by atoms with Crippen LogP contribution in [0.2, 0.25) is 0 Å². The molecule has 1 rings (SSSR count). The molecule has 0 aromatic heterocycles. The molecule has 1 aliphatic carbocycles. The average Bonchev–Trinajstić information content (AvgIpc) is 2.45. The molecule has 0 aromatic rings. The summed E-state index contributed by atoms with van der Waals surface area (Å²) in [6.45, 7) is 4.99. The predicted molar refractivity (Wildman–Crippen MR) is 67.4 cm³/mol. The van der Waals surface area contributed by atoms with E-state index in [0.717, 1.165) is 6.54 Å². The second-order valence-corrected chi connectivity index (χ2v) is 5.11. The summed E-state index contributed by atoms with van der Waals surface area (Å²) in [5.74, 6) is 0.208. The van der Waals surface area contributed by atoms with E-state index in [1.807, 2.05) is 0 Å². The average molecular weight is 226 g/mol. The number of nitrogens with one attached hydrogen (secondary N) is 2. The highest BCUT2D eigenvalue weighted by atomic mass is 16.1. The van der Waals surface area contributed by atoms with E-state index in [-0.39, 0.29) is 5.91 Å². The van der Waals surface area contributed by atoms with Gasteiger partial charge in [-0.2, -0.15) is 0 Å². The molecule has 2 N–H and O–H groups in total. The van der Waals surface area contributed by atoms with Crippen LogP contribution in [0.5, 0.6) is 0 Å². The molecule has 16 heavy (non-hydrogen) atoms. The van der Waals surface area contributed by atoms with Crippen molar-refractivity contribution in [1.82, 2.24) is 10.6 Å². The van der Waals surface area contributed by atoms with E-state index in [2.05, 4.69) is 24.5 Å². The third-order valence-corrected chi connectivity index (χ3v) is 3.12. The molecule has 0 bridgehead atoms. The first-order chi connectivity index (χ1) is 7.68. The number of rotatable bonds is 5. The van der Waals surface area contributed by atoms with E-state index in [0.29, 0.717) is 18.5 Å². The third-order valence-electron chi connectivity index (χ3n) is 3.12. The molecule has 1 amide bonds. The van der Waals surface area contributed by atoms with E-state index in [4.69, 9.17) is 0 Å². The topological polar surface area (TPSA) is 41.1 Å². The molecule has 0 unspecified atom stereocenters. The zero-order valence-electron chi connectivity index (χ0n) is 10.7. The van der Waals surface area contributed by atoms with Crippen molar-refractivity contribution in [3.05, 3.63) is 0 Å². The van der Waals surface area contributed by atoms with Crippen molar-refractivity contribution in [2.45, 2.75) is 70.9 Å². The lowest BCUT2D eigenvalue weighted by Crippen LogP contribution is -2.36. The molecule has 0 saturated heterocycles. The SMILES string of the molecule is CC(C)NCCC(=O)NC1CCCCCC1. The maximum absolute atomic E-state index is 11.7. The number of carbonyl (C=O) groups excluding carboxylic acids is 1. The van der Waals surface area contributed by atoms with Crippen molar-refractivity contribution in [2.75, 3.05) is 6.54 Å². The lowest BCUT2D eigenvalue weighted by atomic mass is 10.1. The number of amides is 1. The molecule has 1 aliphatic rings. The van der Waals surface area contributed by atoms with Gasteiger partial charge in [-0.1, -0.05) is 39.5 Å². The summed E-state index contributed by atoms with van der Waals surface area (Å²) in [6, 6.07) is 0.903. The Morgan fingerprint density at radius 1 is 1.19 bits per heavy atom. The van der Waals surface area contributed by atoms with Gasteiger partial charge in [0, 0.05) is 25.0 Å². The molecule has 1 saturated carbocycles. The van der Waals surface area contributed by atoms with E-state index < -0.39 is 0 Å². The smallest absolute Gasteiger partial charge is 0.221 e. The summed E-state index contributed by atoms with van der Waals surface area (Å²) in [5, 5.41) is 6.42. The van der Waals surface area contributed by atoms with Crippen LogP contribution < -0.4 is 10.6 Å². The van der Waals surface area contributed by atoms with Crippen molar-refractivity contribution in [1.29, 1.82) is 0 Å². The zero-order chi connectivity index (χ0) is 11.8. The molecule has 0 spiro atoms. The highest BCUT2D eigenvalue weighted by Gasteiger charge is 2.14. The van der Waals surface area contributed by atoms with E-state index in [1.165, 1.54) is 38.5 Å². The van der Waals surface area contributed by atoms with Gasteiger partial charge < -0.3 is 10.6 Å². The molecule has 3 heteroatoms. The summed E-state index contributed by atoms with van der Waals surface area (Å²) in [5.41, 5.74) is 0. The van der Waals surface area contributed by atoms with Gasteiger partial charge in [-0.15, -0.1) is 0 Å². The summed E-state index contributed by atoms with van der Waals surface area (Å²) in [7, 11) is 0. The van der Waals surface area contributed by atoms with Crippen molar-refractivity contribution < 1.29 is 4.79 Å².